The van der Waals surface area contributed by atoms with Crippen molar-refractivity contribution in [2.24, 2.45) is 5.73 Å². The first-order valence-corrected chi connectivity index (χ1v) is 8.06. The number of esters is 1. The van der Waals surface area contributed by atoms with Crippen molar-refractivity contribution in [2.75, 3.05) is 40.1 Å². The summed E-state index contributed by atoms with van der Waals surface area (Å²) in [5.41, 5.74) is 5.13. The Bertz CT molecular complexity index is 327. The second kappa shape index (κ2) is 12.0. The van der Waals surface area contributed by atoms with Crippen molar-refractivity contribution in [1.82, 2.24) is 0 Å². The molecule has 0 spiro atoms. The van der Waals surface area contributed by atoms with Crippen LogP contribution in [0.2, 0.25) is 0 Å². The third-order valence-electron chi connectivity index (χ3n) is 2.36. The molecule has 0 heterocycles. The minimum Gasteiger partial charge on any atom is -0.469 e. The first-order chi connectivity index (χ1) is 9.95. The van der Waals surface area contributed by atoms with Crippen LogP contribution in [-0.4, -0.2) is 62.2 Å². The average Bonchev–Trinajstić information content (AvgIpc) is 2.47. The second-order valence-electron chi connectivity index (χ2n) is 4.09. The number of phosphoric acid groups is 1. The lowest BCUT2D eigenvalue weighted by Crippen LogP contribution is -2.24. The van der Waals surface area contributed by atoms with Gasteiger partial charge in [0.2, 0.25) is 0 Å². The monoisotopic (exact) mass is 329 g/mol. The number of nitrogens with two attached hydrogens (primary N) is 1. The van der Waals surface area contributed by atoms with Crippen molar-refractivity contribution < 1.29 is 37.9 Å². The molecule has 0 rings (SSSR count). The summed E-state index contributed by atoms with van der Waals surface area (Å²) in [4.78, 5) is 20.1. The van der Waals surface area contributed by atoms with Crippen molar-refractivity contribution >= 4 is 13.8 Å². The number of phosphoric ester groups is 1. The molecule has 0 aliphatic rings. The van der Waals surface area contributed by atoms with Gasteiger partial charge in [0.15, 0.2) is 0 Å². The normalized spacial score (nSPS) is 15.4. The Morgan fingerprint density at radius 2 is 2.00 bits per heavy atom. The molecule has 21 heavy (non-hydrogen) atoms. The van der Waals surface area contributed by atoms with E-state index in [1.165, 1.54) is 7.11 Å². The number of carbonyl (C=O) groups excluding carboxylic acids is 1. The molecular formula is C11H24NO8P. The standard InChI is InChI=1S/C11H24NO8P/c1-17-11(14)4-2-3-6-18-10(8-13)9-20-21(15,16)19-7-5-12/h10,13H,2-9,12H2,1H3,(H,15,16)/t10-/m0/s1. The van der Waals surface area contributed by atoms with Gasteiger partial charge < -0.3 is 25.2 Å². The summed E-state index contributed by atoms with van der Waals surface area (Å²) in [5.74, 6) is -0.296. The molecule has 0 fully saturated rings. The zero-order valence-electron chi connectivity index (χ0n) is 12.1. The summed E-state index contributed by atoms with van der Waals surface area (Å²) >= 11 is 0. The molecule has 9 nitrogen and oxygen atoms in total. The van der Waals surface area contributed by atoms with E-state index >= 15 is 0 Å². The predicted octanol–water partition coefficient (Wildman–Crippen LogP) is -0.200. The Morgan fingerprint density at radius 1 is 1.29 bits per heavy atom. The van der Waals surface area contributed by atoms with Crippen molar-refractivity contribution in [3.63, 3.8) is 0 Å². The summed E-state index contributed by atoms with van der Waals surface area (Å²) in [6, 6.07) is 0. The van der Waals surface area contributed by atoms with Crippen LogP contribution in [-0.2, 0) is 27.9 Å². The molecule has 0 aromatic heterocycles. The van der Waals surface area contributed by atoms with E-state index in [-0.39, 0.29) is 38.9 Å². The minimum absolute atomic E-state index is 0.0913. The van der Waals surface area contributed by atoms with Gasteiger partial charge in [-0.25, -0.2) is 4.57 Å². The molecule has 0 amide bonds. The van der Waals surface area contributed by atoms with Crippen LogP contribution in [0.1, 0.15) is 19.3 Å². The van der Waals surface area contributed by atoms with Crippen LogP contribution >= 0.6 is 7.82 Å². The first kappa shape index (κ1) is 20.5. The van der Waals surface area contributed by atoms with E-state index < -0.39 is 13.9 Å². The Kier molecular flexibility index (Phi) is 11.7. The lowest BCUT2D eigenvalue weighted by molar-refractivity contribution is -0.140. The zero-order chi connectivity index (χ0) is 16.1. The van der Waals surface area contributed by atoms with Crippen molar-refractivity contribution in [3.05, 3.63) is 0 Å². The molecule has 0 radical (unpaired) electrons. The molecule has 0 saturated heterocycles. The van der Waals surface area contributed by atoms with Gasteiger partial charge >= 0.3 is 13.8 Å². The van der Waals surface area contributed by atoms with Crippen molar-refractivity contribution in [2.45, 2.75) is 25.4 Å². The molecule has 0 aliphatic heterocycles. The number of carbonyl (C=O) groups is 1. The van der Waals surface area contributed by atoms with Gasteiger partial charge in [-0.2, -0.15) is 0 Å². The topological polar surface area (TPSA) is 138 Å². The number of hydrogen-bond donors (Lipinski definition) is 3. The van der Waals surface area contributed by atoms with Gasteiger partial charge in [-0.05, 0) is 12.8 Å². The predicted molar refractivity (Wildman–Crippen MR) is 73.5 cm³/mol. The van der Waals surface area contributed by atoms with Gasteiger partial charge in [0, 0.05) is 19.6 Å². The number of methoxy groups -OCH3 is 1. The lowest BCUT2D eigenvalue weighted by Gasteiger charge is -2.17. The number of rotatable bonds is 13. The van der Waals surface area contributed by atoms with E-state index in [0.29, 0.717) is 19.3 Å². The fourth-order valence-corrected chi connectivity index (χ4v) is 2.02. The third kappa shape index (κ3) is 11.8. The maximum atomic E-state index is 11.3. The van der Waals surface area contributed by atoms with Crippen LogP contribution in [0.3, 0.4) is 0 Å². The second-order valence-corrected chi connectivity index (χ2v) is 5.55. The Labute approximate surface area is 123 Å². The Balaban J connectivity index is 3.80. The van der Waals surface area contributed by atoms with E-state index in [9.17, 15) is 14.3 Å². The molecule has 0 bridgehead atoms. The number of hydrogen-bond acceptors (Lipinski definition) is 8. The number of ether oxygens (including phenoxy) is 2. The quantitative estimate of drug-likeness (QED) is 0.238. The highest BCUT2D eigenvalue weighted by molar-refractivity contribution is 7.47. The lowest BCUT2D eigenvalue weighted by atomic mass is 10.2. The van der Waals surface area contributed by atoms with Crippen molar-refractivity contribution in [1.29, 1.82) is 0 Å². The van der Waals surface area contributed by atoms with Crippen molar-refractivity contribution in [3.8, 4) is 0 Å². The first-order valence-electron chi connectivity index (χ1n) is 6.56. The maximum absolute atomic E-state index is 11.3. The van der Waals surface area contributed by atoms with E-state index in [0.717, 1.165) is 0 Å². The SMILES string of the molecule is COC(=O)CCCCO[C@@H](CO)COP(=O)(O)OCCN. The number of unbranched alkanes of at least 4 members (excludes halogenated alkanes) is 1. The summed E-state index contributed by atoms with van der Waals surface area (Å²) in [5, 5.41) is 9.07. The fraction of sp³-hybridized carbons (Fsp3) is 0.909. The van der Waals surface area contributed by atoms with Crippen LogP contribution in [0, 0.1) is 0 Å². The number of aliphatic hydroxyl groups excluding tert-OH is 1. The highest BCUT2D eigenvalue weighted by Gasteiger charge is 2.23. The molecule has 0 aromatic rings. The van der Waals surface area contributed by atoms with Gasteiger partial charge in [-0.15, -0.1) is 0 Å². The van der Waals surface area contributed by atoms with Gasteiger partial charge in [-0.3, -0.25) is 13.8 Å². The van der Waals surface area contributed by atoms with Crippen LogP contribution in [0.25, 0.3) is 0 Å². The minimum atomic E-state index is -4.17. The Hall–Kier alpha value is -0.540. The summed E-state index contributed by atoms with van der Waals surface area (Å²) in [6.45, 7) is -0.384. The maximum Gasteiger partial charge on any atom is 0.472 e. The summed E-state index contributed by atoms with van der Waals surface area (Å²) < 4.78 is 30.3. The highest BCUT2D eigenvalue weighted by atomic mass is 31.2. The van der Waals surface area contributed by atoms with Gasteiger partial charge in [0.05, 0.1) is 26.9 Å². The molecule has 0 saturated carbocycles. The molecule has 126 valence electrons. The van der Waals surface area contributed by atoms with Gasteiger partial charge in [0.25, 0.3) is 0 Å². The van der Waals surface area contributed by atoms with E-state index in [4.69, 9.17) is 15.6 Å². The van der Waals surface area contributed by atoms with Crippen LogP contribution < -0.4 is 5.73 Å². The molecule has 1 unspecified atom stereocenters. The molecule has 4 N–H and O–H groups in total. The molecule has 0 aliphatic carbocycles. The third-order valence-corrected chi connectivity index (χ3v) is 3.34. The van der Waals surface area contributed by atoms with E-state index in [2.05, 4.69) is 13.8 Å². The van der Waals surface area contributed by atoms with E-state index in [1.807, 2.05) is 0 Å². The highest BCUT2D eigenvalue weighted by Crippen LogP contribution is 2.42. The van der Waals surface area contributed by atoms with Crippen LogP contribution in [0.4, 0.5) is 0 Å². The van der Waals surface area contributed by atoms with Crippen LogP contribution in [0.15, 0.2) is 0 Å². The smallest absolute Gasteiger partial charge is 0.469 e. The summed E-state index contributed by atoms with van der Waals surface area (Å²) in [7, 11) is -2.85. The molecule has 10 heteroatoms. The van der Waals surface area contributed by atoms with Crippen LogP contribution in [0.5, 0.6) is 0 Å². The summed E-state index contributed by atoms with van der Waals surface area (Å²) in [6.07, 6.45) is 0.722. The average molecular weight is 329 g/mol. The molecule has 0 aromatic carbocycles. The van der Waals surface area contributed by atoms with E-state index in [1.54, 1.807) is 0 Å². The Morgan fingerprint density at radius 3 is 2.57 bits per heavy atom. The fourth-order valence-electron chi connectivity index (χ4n) is 1.26. The zero-order valence-corrected chi connectivity index (χ0v) is 13.0. The largest absolute Gasteiger partial charge is 0.472 e. The van der Waals surface area contributed by atoms with Gasteiger partial charge in [0.1, 0.15) is 6.10 Å². The number of aliphatic hydroxyl groups is 1. The molecule has 2 atom stereocenters. The van der Waals surface area contributed by atoms with Gasteiger partial charge in [-0.1, -0.05) is 0 Å². The molecular weight excluding hydrogens is 305 g/mol.